The van der Waals surface area contributed by atoms with E-state index in [1.54, 1.807) is 12.4 Å². The molecule has 12 heteroatoms. The summed E-state index contributed by atoms with van der Waals surface area (Å²) in [5.74, 6) is -2.98. The number of H-pyrrole nitrogens is 1. The molecule has 33 heavy (non-hydrogen) atoms. The van der Waals surface area contributed by atoms with Gasteiger partial charge >= 0.3 is 5.97 Å². The van der Waals surface area contributed by atoms with Gasteiger partial charge in [0.15, 0.2) is 16.8 Å². The molecule has 2 N–H and O–H groups in total. The second kappa shape index (κ2) is 9.67. The standard InChI is InChI=1S/C21H15ClF3N5O2S/c1-32-20(31)16-15(9-33-21-26-4-5-27-21)29-19(18-14(25)7-11(24)8-28-18)30-17(16)12-3-2-10(23)6-13(12)22/h2-8,17H,9H2,1H3,(H,26,27)(H,29,30)/t17-/m0/s1. The first-order valence-corrected chi connectivity index (χ1v) is 10.8. The highest BCUT2D eigenvalue weighted by Crippen LogP contribution is 2.37. The van der Waals surface area contributed by atoms with Crippen LogP contribution in [0, 0.1) is 17.5 Å². The van der Waals surface area contributed by atoms with Gasteiger partial charge in [-0.05, 0) is 12.1 Å². The summed E-state index contributed by atoms with van der Waals surface area (Å²) in [6.07, 6.45) is 4.05. The van der Waals surface area contributed by atoms with E-state index >= 15 is 0 Å². The molecule has 0 saturated carbocycles. The third kappa shape index (κ3) is 4.88. The SMILES string of the molecule is COC(=O)C1=C(CSc2ncc[nH]2)NC(c2ncc(F)cc2F)=N[C@H]1c1ccc(F)cc1Cl. The molecule has 7 nitrogen and oxygen atoms in total. The number of rotatable bonds is 6. The van der Waals surface area contributed by atoms with Crippen molar-refractivity contribution in [1.29, 1.82) is 0 Å². The number of methoxy groups -OCH3 is 1. The molecular formula is C21H15ClF3N5O2S. The minimum Gasteiger partial charge on any atom is -0.466 e. The van der Waals surface area contributed by atoms with Gasteiger partial charge in [-0.3, -0.25) is 4.99 Å². The maximum Gasteiger partial charge on any atom is 0.338 e. The number of aliphatic imine (C=N–C) groups is 1. The Kier molecular flexibility index (Phi) is 6.70. The van der Waals surface area contributed by atoms with E-state index in [0.29, 0.717) is 22.5 Å². The van der Waals surface area contributed by atoms with E-state index in [-0.39, 0.29) is 27.9 Å². The van der Waals surface area contributed by atoms with Gasteiger partial charge in [-0.15, -0.1) is 0 Å². The third-order valence-corrected chi connectivity index (χ3v) is 5.90. The van der Waals surface area contributed by atoms with Crippen molar-refractivity contribution in [3.63, 3.8) is 0 Å². The Morgan fingerprint density at radius 2 is 2.03 bits per heavy atom. The van der Waals surface area contributed by atoms with Crippen LogP contribution < -0.4 is 5.32 Å². The number of aromatic amines is 1. The molecule has 4 rings (SSSR count). The van der Waals surface area contributed by atoms with E-state index in [4.69, 9.17) is 16.3 Å². The summed E-state index contributed by atoms with van der Waals surface area (Å²) in [6.45, 7) is 0. The molecule has 3 aromatic rings. The number of carbonyl (C=O) groups is 1. The molecule has 170 valence electrons. The predicted octanol–water partition coefficient (Wildman–Crippen LogP) is 4.19. The number of pyridine rings is 1. The lowest BCUT2D eigenvalue weighted by molar-refractivity contribution is -0.136. The molecule has 0 amide bonds. The molecule has 0 saturated heterocycles. The lowest BCUT2D eigenvalue weighted by atomic mass is 9.95. The number of imidazole rings is 1. The highest BCUT2D eigenvalue weighted by Gasteiger charge is 2.34. The van der Waals surface area contributed by atoms with E-state index in [9.17, 15) is 18.0 Å². The Morgan fingerprint density at radius 1 is 1.21 bits per heavy atom. The molecule has 1 aliphatic rings. The molecule has 0 unspecified atom stereocenters. The highest BCUT2D eigenvalue weighted by atomic mass is 35.5. The van der Waals surface area contributed by atoms with Gasteiger partial charge in [0.05, 0.1) is 18.9 Å². The monoisotopic (exact) mass is 493 g/mol. The summed E-state index contributed by atoms with van der Waals surface area (Å²) < 4.78 is 46.6. The van der Waals surface area contributed by atoms with E-state index < -0.39 is 29.5 Å². The minimum atomic E-state index is -1.07. The Morgan fingerprint density at radius 3 is 2.70 bits per heavy atom. The number of hydrogen-bond acceptors (Lipinski definition) is 7. The predicted molar refractivity (Wildman–Crippen MR) is 116 cm³/mol. The lowest BCUT2D eigenvalue weighted by Crippen LogP contribution is -2.36. The van der Waals surface area contributed by atoms with Gasteiger partial charge < -0.3 is 15.0 Å². The highest BCUT2D eigenvalue weighted by molar-refractivity contribution is 7.99. The number of ether oxygens (including phenoxy) is 1. The van der Waals surface area contributed by atoms with E-state index in [1.807, 2.05) is 0 Å². The number of benzene rings is 1. The van der Waals surface area contributed by atoms with Crippen molar-refractivity contribution in [1.82, 2.24) is 20.3 Å². The van der Waals surface area contributed by atoms with Crippen LogP contribution in [0.5, 0.6) is 0 Å². The van der Waals surface area contributed by atoms with Crippen LogP contribution in [0.1, 0.15) is 17.3 Å². The number of halogens is 4. The molecule has 1 aliphatic heterocycles. The van der Waals surface area contributed by atoms with Crippen molar-refractivity contribution in [2.24, 2.45) is 4.99 Å². The van der Waals surface area contributed by atoms with E-state index in [0.717, 1.165) is 12.3 Å². The van der Waals surface area contributed by atoms with Crippen LogP contribution in [0.25, 0.3) is 0 Å². The molecule has 3 heterocycles. The van der Waals surface area contributed by atoms with Crippen LogP contribution in [0.3, 0.4) is 0 Å². The molecule has 0 fully saturated rings. The zero-order valence-electron chi connectivity index (χ0n) is 16.9. The first kappa shape index (κ1) is 22.9. The van der Waals surface area contributed by atoms with Gasteiger partial charge in [0, 0.05) is 40.5 Å². The average molecular weight is 494 g/mol. The summed E-state index contributed by atoms with van der Waals surface area (Å²) in [7, 11) is 1.20. The molecule has 0 aliphatic carbocycles. The van der Waals surface area contributed by atoms with Gasteiger partial charge in [0.25, 0.3) is 0 Å². The number of amidine groups is 1. The largest absolute Gasteiger partial charge is 0.466 e. The molecular weight excluding hydrogens is 479 g/mol. The zero-order chi connectivity index (χ0) is 23.5. The quantitative estimate of drug-likeness (QED) is 0.395. The maximum atomic E-state index is 14.5. The van der Waals surface area contributed by atoms with Crippen LogP contribution in [0.4, 0.5) is 13.2 Å². The number of esters is 1. The summed E-state index contributed by atoms with van der Waals surface area (Å²) in [5, 5.41) is 3.49. The smallest absolute Gasteiger partial charge is 0.338 e. The first-order chi connectivity index (χ1) is 15.9. The third-order valence-electron chi connectivity index (χ3n) is 4.65. The topological polar surface area (TPSA) is 92.3 Å². The summed E-state index contributed by atoms with van der Waals surface area (Å²) >= 11 is 7.52. The van der Waals surface area contributed by atoms with Gasteiger partial charge in [0.1, 0.15) is 23.4 Å². The van der Waals surface area contributed by atoms with Gasteiger partial charge in [0.2, 0.25) is 0 Å². The van der Waals surface area contributed by atoms with Crippen LogP contribution in [0.2, 0.25) is 5.02 Å². The number of aromatic nitrogens is 3. The summed E-state index contributed by atoms with van der Waals surface area (Å²) in [4.78, 5) is 28.1. The van der Waals surface area contributed by atoms with Crippen molar-refractivity contribution >= 4 is 35.2 Å². The molecule has 1 atom stereocenters. The van der Waals surface area contributed by atoms with Crippen molar-refractivity contribution in [2.75, 3.05) is 12.9 Å². The second-order valence-electron chi connectivity index (χ2n) is 6.72. The fraction of sp³-hybridized carbons (Fsp3) is 0.143. The minimum absolute atomic E-state index is 0.0111. The second-order valence-corrected chi connectivity index (χ2v) is 8.09. The van der Waals surface area contributed by atoms with Crippen LogP contribution in [0.15, 0.2) is 64.3 Å². The van der Waals surface area contributed by atoms with Crippen LogP contribution in [-0.4, -0.2) is 39.6 Å². The first-order valence-electron chi connectivity index (χ1n) is 9.42. The zero-order valence-corrected chi connectivity index (χ0v) is 18.5. The van der Waals surface area contributed by atoms with Crippen LogP contribution >= 0.6 is 23.4 Å². The molecule has 0 bridgehead atoms. The number of nitrogens with zero attached hydrogens (tertiary/aromatic N) is 3. The summed E-state index contributed by atoms with van der Waals surface area (Å²) in [5.41, 5.74) is 0.449. The van der Waals surface area contributed by atoms with Gasteiger partial charge in [-0.1, -0.05) is 29.4 Å². The van der Waals surface area contributed by atoms with Crippen LogP contribution in [-0.2, 0) is 9.53 Å². The Bertz CT molecular complexity index is 1270. The average Bonchev–Trinajstić information content (AvgIpc) is 3.30. The Hall–Kier alpha value is -3.31. The van der Waals surface area contributed by atoms with Crippen molar-refractivity contribution < 1.29 is 22.7 Å². The molecule has 0 radical (unpaired) electrons. The van der Waals surface area contributed by atoms with Crippen molar-refractivity contribution in [2.45, 2.75) is 11.2 Å². The lowest BCUT2D eigenvalue weighted by Gasteiger charge is -2.27. The van der Waals surface area contributed by atoms with Crippen molar-refractivity contribution in [3.05, 3.63) is 87.9 Å². The number of nitrogens with one attached hydrogen (secondary N) is 2. The fourth-order valence-corrected chi connectivity index (χ4v) is 4.25. The number of hydrogen-bond donors (Lipinski definition) is 2. The Balaban J connectivity index is 1.85. The number of carbonyl (C=O) groups excluding carboxylic acids is 1. The molecule has 1 aromatic carbocycles. The molecule has 0 spiro atoms. The Labute approximate surface area is 195 Å². The molecule has 2 aromatic heterocycles. The van der Waals surface area contributed by atoms with Gasteiger partial charge in [-0.25, -0.2) is 27.9 Å². The number of thioether (sulfide) groups is 1. The maximum absolute atomic E-state index is 14.5. The van der Waals surface area contributed by atoms with E-state index in [1.165, 1.54) is 31.0 Å². The fourth-order valence-electron chi connectivity index (χ4n) is 3.19. The van der Waals surface area contributed by atoms with Gasteiger partial charge in [-0.2, -0.15) is 0 Å². The normalized spacial score (nSPS) is 15.8. The summed E-state index contributed by atoms with van der Waals surface area (Å²) in [6, 6.07) is 3.23. The van der Waals surface area contributed by atoms with E-state index in [2.05, 4.69) is 25.3 Å². The van der Waals surface area contributed by atoms with Crippen molar-refractivity contribution in [3.8, 4) is 0 Å².